The summed E-state index contributed by atoms with van der Waals surface area (Å²) in [6.45, 7) is 11.1. The second kappa shape index (κ2) is 4.21. The summed E-state index contributed by atoms with van der Waals surface area (Å²) in [6, 6.07) is 3.93. The molecule has 1 saturated heterocycles. The number of hydrogen-bond acceptors (Lipinski definition) is 3. The van der Waals surface area contributed by atoms with Crippen molar-refractivity contribution in [3.8, 4) is 0 Å². The Bertz CT molecular complexity index is 406. The molecule has 94 valence electrons. The lowest BCUT2D eigenvalue weighted by molar-refractivity contribution is 0.263. The minimum absolute atomic E-state index is 0.368. The number of hydrogen-bond donors (Lipinski definition) is 1. The Kier molecular flexibility index (Phi) is 3.02. The van der Waals surface area contributed by atoms with Crippen molar-refractivity contribution in [1.82, 2.24) is 4.98 Å². The lowest BCUT2D eigenvalue weighted by Crippen LogP contribution is -2.27. The van der Waals surface area contributed by atoms with Crippen molar-refractivity contribution in [2.75, 3.05) is 23.7 Å². The Hall–Kier alpha value is -1.25. The maximum atomic E-state index is 6.02. The minimum Gasteiger partial charge on any atom is -0.396 e. The van der Waals surface area contributed by atoms with Crippen molar-refractivity contribution in [2.24, 2.45) is 11.3 Å². The highest BCUT2D eigenvalue weighted by Gasteiger charge is 2.32. The first kappa shape index (κ1) is 12.2. The summed E-state index contributed by atoms with van der Waals surface area (Å²) in [5.41, 5.74) is 8.22. The zero-order valence-corrected chi connectivity index (χ0v) is 11.3. The molecule has 1 aliphatic heterocycles. The number of aromatic nitrogens is 1. The number of nitrogens with two attached hydrogens (primary N) is 1. The fraction of sp³-hybridized carbons (Fsp3) is 0.643. The molecule has 3 heteroatoms. The molecule has 0 saturated carbocycles. The van der Waals surface area contributed by atoms with Crippen molar-refractivity contribution < 1.29 is 0 Å². The van der Waals surface area contributed by atoms with E-state index in [1.165, 1.54) is 6.42 Å². The molecule has 1 unspecified atom stereocenters. The Balaban J connectivity index is 2.18. The summed E-state index contributed by atoms with van der Waals surface area (Å²) in [4.78, 5) is 6.90. The highest BCUT2D eigenvalue weighted by Crippen LogP contribution is 2.36. The van der Waals surface area contributed by atoms with Gasteiger partial charge in [-0.15, -0.1) is 0 Å². The maximum Gasteiger partial charge on any atom is 0.152 e. The first-order valence-corrected chi connectivity index (χ1v) is 6.36. The van der Waals surface area contributed by atoms with E-state index in [1.807, 2.05) is 19.1 Å². The third-order valence-electron chi connectivity index (χ3n) is 3.76. The Morgan fingerprint density at radius 3 is 2.65 bits per heavy atom. The van der Waals surface area contributed by atoms with Gasteiger partial charge in [-0.2, -0.15) is 0 Å². The lowest BCUT2D eigenvalue weighted by atomic mass is 9.80. The van der Waals surface area contributed by atoms with Crippen molar-refractivity contribution in [2.45, 2.75) is 34.1 Å². The number of aryl methyl sites for hydroxylation is 1. The second-order valence-electron chi connectivity index (χ2n) is 6.16. The van der Waals surface area contributed by atoms with E-state index >= 15 is 0 Å². The van der Waals surface area contributed by atoms with E-state index in [9.17, 15) is 0 Å². The van der Waals surface area contributed by atoms with Crippen molar-refractivity contribution in [3.05, 3.63) is 17.8 Å². The van der Waals surface area contributed by atoms with E-state index in [0.29, 0.717) is 5.41 Å². The Morgan fingerprint density at radius 1 is 1.35 bits per heavy atom. The van der Waals surface area contributed by atoms with Gasteiger partial charge in [-0.3, -0.25) is 0 Å². The Labute approximate surface area is 104 Å². The van der Waals surface area contributed by atoms with Crippen molar-refractivity contribution in [3.63, 3.8) is 0 Å². The van der Waals surface area contributed by atoms with Crippen LogP contribution in [0.1, 0.15) is 32.9 Å². The van der Waals surface area contributed by atoms with Crippen molar-refractivity contribution in [1.29, 1.82) is 0 Å². The summed E-state index contributed by atoms with van der Waals surface area (Å²) < 4.78 is 0. The summed E-state index contributed by atoms with van der Waals surface area (Å²) in [6.07, 6.45) is 1.23. The molecule has 0 amide bonds. The molecule has 2 rings (SSSR count). The van der Waals surface area contributed by atoms with Crippen LogP contribution in [0.5, 0.6) is 0 Å². The van der Waals surface area contributed by atoms with Crippen LogP contribution in [0, 0.1) is 18.3 Å². The third-order valence-corrected chi connectivity index (χ3v) is 3.76. The van der Waals surface area contributed by atoms with Crippen LogP contribution in [0.2, 0.25) is 0 Å². The Morgan fingerprint density at radius 2 is 2.06 bits per heavy atom. The molecule has 3 nitrogen and oxygen atoms in total. The molecule has 0 spiro atoms. The van der Waals surface area contributed by atoms with Crippen LogP contribution < -0.4 is 10.6 Å². The zero-order valence-electron chi connectivity index (χ0n) is 11.3. The zero-order chi connectivity index (χ0) is 12.6. The standard InChI is InChI=1S/C14H23N3/c1-10-5-6-12(15)13(16-10)17-8-7-11(9-17)14(2,3)4/h5-6,11H,7-9,15H2,1-4H3. The van der Waals surface area contributed by atoms with Crippen LogP contribution in [-0.4, -0.2) is 18.1 Å². The van der Waals surface area contributed by atoms with Crippen LogP contribution in [-0.2, 0) is 0 Å². The maximum absolute atomic E-state index is 6.02. The molecule has 1 aromatic rings. The first-order chi connectivity index (χ1) is 7.88. The summed E-state index contributed by atoms with van der Waals surface area (Å²) in [5.74, 6) is 1.70. The average Bonchev–Trinajstić information content (AvgIpc) is 2.70. The average molecular weight is 233 g/mol. The van der Waals surface area contributed by atoms with Crippen LogP contribution in [0.15, 0.2) is 12.1 Å². The smallest absolute Gasteiger partial charge is 0.152 e. The van der Waals surface area contributed by atoms with Gasteiger partial charge in [0.2, 0.25) is 0 Å². The molecule has 2 N–H and O–H groups in total. The van der Waals surface area contributed by atoms with Gasteiger partial charge in [0.25, 0.3) is 0 Å². The van der Waals surface area contributed by atoms with E-state index in [4.69, 9.17) is 5.73 Å². The van der Waals surface area contributed by atoms with E-state index in [-0.39, 0.29) is 0 Å². The summed E-state index contributed by atoms with van der Waals surface area (Å²) >= 11 is 0. The largest absolute Gasteiger partial charge is 0.396 e. The van der Waals surface area contributed by atoms with Crippen LogP contribution in [0.25, 0.3) is 0 Å². The highest BCUT2D eigenvalue weighted by molar-refractivity contribution is 5.63. The molecule has 0 radical (unpaired) electrons. The second-order valence-corrected chi connectivity index (χ2v) is 6.16. The highest BCUT2D eigenvalue weighted by atomic mass is 15.2. The number of rotatable bonds is 1. The predicted molar refractivity (Wildman–Crippen MR) is 73.2 cm³/mol. The molecule has 1 aliphatic rings. The van der Waals surface area contributed by atoms with Gasteiger partial charge in [-0.05, 0) is 36.8 Å². The van der Waals surface area contributed by atoms with Crippen LogP contribution >= 0.6 is 0 Å². The number of nitrogen functional groups attached to an aromatic ring is 1. The molecule has 0 aromatic carbocycles. The van der Waals surface area contributed by atoms with Crippen LogP contribution in [0.4, 0.5) is 11.5 Å². The first-order valence-electron chi connectivity index (χ1n) is 6.36. The number of pyridine rings is 1. The summed E-state index contributed by atoms with van der Waals surface area (Å²) in [5, 5.41) is 0. The van der Waals surface area contributed by atoms with E-state index in [1.54, 1.807) is 0 Å². The van der Waals surface area contributed by atoms with Gasteiger partial charge >= 0.3 is 0 Å². The van der Waals surface area contributed by atoms with E-state index in [0.717, 1.165) is 36.2 Å². The van der Waals surface area contributed by atoms with Crippen molar-refractivity contribution >= 4 is 11.5 Å². The van der Waals surface area contributed by atoms with E-state index < -0.39 is 0 Å². The SMILES string of the molecule is Cc1ccc(N)c(N2CCC(C(C)(C)C)C2)n1. The summed E-state index contributed by atoms with van der Waals surface area (Å²) in [7, 11) is 0. The predicted octanol–water partition coefficient (Wildman–Crippen LogP) is 2.84. The van der Waals surface area contributed by atoms with Gasteiger partial charge in [-0.25, -0.2) is 4.98 Å². The molecule has 1 fully saturated rings. The monoisotopic (exact) mass is 233 g/mol. The fourth-order valence-electron chi connectivity index (χ4n) is 2.47. The van der Waals surface area contributed by atoms with Gasteiger partial charge in [0.1, 0.15) is 0 Å². The van der Waals surface area contributed by atoms with Crippen LogP contribution in [0.3, 0.4) is 0 Å². The molecule has 0 bridgehead atoms. The van der Waals surface area contributed by atoms with Gasteiger partial charge in [-0.1, -0.05) is 20.8 Å². The molecular formula is C14H23N3. The van der Waals surface area contributed by atoms with Gasteiger partial charge in [0, 0.05) is 18.8 Å². The van der Waals surface area contributed by atoms with E-state index in [2.05, 4.69) is 30.7 Å². The number of nitrogens with zero attached hydrogens (tertiary/aromatic N) is 2. The quantitative estimate of drug-likeness (QED) is 0.811. The molecule has 17 heavy (non-hydrogen) atoms. The molecule has 1 aromatic heterocycles. The minimum atomic E-state index is 0.368. The van der Waals surface area contributed by atoms with Gasteiger partial charge in [0.05, 0.1) is 5.69 Å². The normalized spacial score (nSPS) is 20.9. The third kappa shape index (κ3) is 2.54. The number of anilines is 2. The molecule has 1 atom stereocenters. The molecule has 2 heterocycles. The van der Waals surface area contributed by atoms with Gasteiger partial charge < -0.3 is 10.6 Å². The lowest BCUT2D eigenvalue weighted by Gasteiger charge is -2.27. The topological polar surface area (TPSA) is 42.1 Å². The molecular weight excluding hydrogens is 210 g/mol. The molecule has 0 aliphatic carbocycles. The fourth-order valence-corrected chi connectivity index (χ4v) is 2.47. The van der Waals surface area contributed by atoms with Gasteiger partial charge in [0.15, 0.2) is 5.82 Å².